The van der Waals surface area contributed by atoms with Gasteiger partial charge < -0.3 is 64.5 Å². The third-order valence-electron chi connectivity index (χ3n) is 6.90. The first-order chi connectivity index (χ1) is 21.5. The van der Waals surface area contributed by atoms with E-state index in [9.17, 15) is 80.0 Å². The number of aliphatic hydroxyl groups is 7. The Morgan fingerprint density at radius 3 is 1.66 bits per heavy atom. The lowest BCUT2D eigenvalue weighted by Gasteiger charge is -2.48. The van der Waals surface area contributed by atoms with Gasteiger partial charge in [0.1, 0.15) is 60.9 Å². The molecule has 0 aliphatic carbocycles. The summed E-state index contributed by atoms with van der Waals surface area (Å²) in [6.07, 6.45) is -30.0. The molecule has 3 saturated heterocycles. The van der Waals surface area contributed by atoms with Gasteiger partial charge in [0.05, 0.1) is 13.2 Å². The number of hydrogen-bond acceptors (Lipinski definition) is 20. The molecule has 0 aromatic heterocycles. The van der Waals surface area contributed by atoms with E-state index in [-0.39, 0.29) is 0 Å². The molecule has 0 spiro atoms. The fraction of sp³-hybridized carbons (Fsp3) is 0.944. The maximum atomic E-state index is 12.2. The lowest BCUT2D eigenvalue weighted by Crippen LogP contribution is -2.69. The van der Waals surface area contributed by atoms with Crippen LogP contribution >= 0.6 is 0 Å². The van der Waals surface area contributed by atoms with Gasteiger partial charge in [-0.2, -0.15) is 34.7 Å². The van der Waals surface area contributed by atoms with E-state index in [0.717, 1.165) is 0 Å². The van der Waals surface area contributed by atoms with Crippen LogP contribution in [0.4, 0.5) is 0 Å². The number of aliphatic carboxylic acids is 1. The predicted molar refractivity (Wildman–Crippen MR) is 137 cm³/mol. The Hall–Kier alpha value is -1.40. The van der Waals surface area contributed by atoms with Crippen molar-refractivity contribution in [1.29, 1.82) is 0 Å². The minimum atomic E-state index is -5.66. The van der Waals surface area contributed by atoms with Crippen LogP contribution in [0.1, 0.15) is 0 Å². The Morgan fingerprint density at radius 2 is 1.17 bits per heavy atom. The summed E-state index contributed by atoms with van der Waals surface area (Å²) in [4.78, 5) is 12.2. The summed E-state index contributed by atoms with van der Waals surface area (Å²) in [6.45, 7) is -2.22. The maximum Gasteiger partial charge on any atom is 0.397 e. The molecule has 3 fully saturated rings. The van der Waals surface area contributed by atoms with E-state index in [1.165, 1.54) is 9.44 Å². The second-order valence-electron chi connectivity index (χ2n) is 10.1. The second kappa shape index (κ2) is 15.2. The summed E-state index contributed by atoms with van der Waals surface area (Å²) in [5, 5.41) is 81.3. The SMILES string of the molecule is O=C(O)[C@H]1O[C@@H](O[C@H]2[C@H](O)[C@@H](NS(=O)(=O)O)[C@@H](O)O[C@@H]2CO)[C@H](OS(=O)(=O)O)[C@@H](O)[C@@H]1O[C@H]1O[C@H](CO)[C@@H](O)[C@H](O)[C@H]1NS(=O)(=O)O. The van der Waals surface area contributed by atoms with Gasteiger partial charge in [-0.05, 0) is 0 Å². The van der Waals surface area contributed by atoms with E-state index in [4.69, 9.17) is 28.2 Å². The van der Waals surface area contributed by atoms with Gasteiger partial charge in [0.15, 0.2) is 31.1 Å². The molecule has 0 saturated carbocycles. The van der Waals surface area contributed by atoms with Crippen LogP contribution in [0.15, 0.2) is 0 Å². The van der Waals surface area contributed by atoms with Crippen LogP contribution in [0.25, 0.3) is 0 Å². The standard InChI is InChI=1S/C18H32N2O24S3/c21-1-3-7(23)8(24)6(20-46(33,34)35)17(40-3)42-12-10(26)13(44-47(36,37)38)18(43-14(12)15(27)28)41-11-4(2-22)39-16(29)5(9(11)25)19-45(30,31)32/h3-14,16-26,29H,1-2H2,(H,27,28)(H,30,31,32)(H,33,34,35)(H,36,37,38)/t3-,4-,5-,6-,7-,8-,9-,10+,11-,12+,13-,14+,16+,17-,18-/m1/s1. The quantitative estimate of drug-likeness (QED) is 0.0776. The van der Waals surface area contributed by atoms with Crippen molar-refractivity contribution in [1.82, 2.24) is 9.44 Å². The largest absolute Gasteiger partial charge is 0.479 e. The zero-order chi connectivity index (χ0) is 35.8. The van der Waals surface area contributed by atoms with Crippen molar-refractivity contribution in [3.05, 3.63) is 0 Å². The third-order valence-corrected chi connectivity index (χ3v) is 8.51. The van der Waals surface area contributed by atoms with E-state index in [0.29, 0.717) is 0 Å². The van der Waals surface area contributed by atoms with Crippen molar-refractivity contribution >= 4 is 37.0 Å². The third kappa shape index (κ3) is 10.1. The first-order valence-electron chi connectivity index (χ1n) is 12.7. The van der Waals surface area contributed by atoms with Crippen LogP contribution in [-0.2, 0) is 63.7 Å². The van der Waals surface area contributed by atoms with E-state index in [1.54, 1.807) is 0 Å². The fourth-order valence-electron chi connectivity index (χ4n) is 4.88. The molecule has 0 amide bonds. The maximum absolute atomic E-state index is 12.2. The minimum Gasteiger partial charge on any atom is -0.479 e. The van der Waals surface area contributed by atoms with Gasteiger partial charge in [0, 0.05) is 0 Å². The number of hydrogen-bond donors (Lipinski definition) is 13. The molecular weight excluding hydrogens is 724 g/mol. The van der Waals surface area contributed by atoms with Crippen molar-refractivity contribution in [3.63, 3.8) is 0 Å². The lowest BCUT2D eigenvalue weighted by molar-refractivity contribution is -0.358. The Morgan fingerprint density at radius 1 is 0.638 bits per heavy atom. The fourth-order valence-corrected chi connectivity index (χ4v) is 6.56. The van der Waals surface area contributed by atoms with Crippen LogP contribution in [0, 0.1) is 0 Å². The van der Waals surface area contributed by atoms with Crippen molar-refractivity contribution in [2.45, 2.75) is 92.0 Å². The van der Waals surface area contributed by atoms with Gasteiger partial charge in [-0.15, -0.1) is 0 Å². The van der Waals surface area contributed by atoms with E-state index in [1.807, 2.05) is 0 Å². The van der Waals surface area contributed by atoms with E-state index < -0.39 is 142 Å². The van der Waals surface area contributed by atoms with Gasteiger partial charge in [-0.1, -0.05) is 0 Å². The smallest absolute Gasteiger partial charge is 0.397 e. The topological polar surface area (TPSA) is 421 Å². The number of rotatable bonds is 13. The zero-order valence-electron chi connectivity index (χ0n) is 23.0. The normalized spacial score (nSPS) is 42.2. The number of ether oxygens (including phenoxy) is 5. The first-order valence-corrected chi connectivity index (χ1v) is 17.0. The van der Waals surface area contributed by atoms with Gasteiger partial charge in [-0.25, -0.2) is 8.98 Å². The molecule has 3 aliphatic heterocycles. The highest BCUT2D eigenvalue weighted by Crippen LogP contribution is 2.34. The van der Waals surface area contributed by atoms with Crippen molar-refractivity contribution < 1.29 is 112 Å². The van der Waals surface area contributed by atoms with E-state index in [2.05, 4.69) is 4.18 Å². The molecule has 276 valence electrons. The van der Waals surface area contributed by atoms with Crippen molar-refractivity contribution in [3.8, 4) is 0 Å². The van der Waals surface area contributed by atoms with Crippen LogP contribution in [0.5, 0.6) is 0 Å². The zero-order valence-corrected chi connectivity index (χ0v) is 25.5. The Labute approximate surface area is 264 Å². The molecule has 0 aromatic rings. The molecule has 26 nitrogen and oxygen atoms in total. The first kappa shape index (κ1) is 40.0. The molecule has 47 heavy (non-hydrogen) atoms. The van der Waals surface area contributed by atoms with Crippen LogP contribution in [-0.4, -0.2) is 191 Å². The predicted octanol–water partition coefficient (Wildman–Crippen LogP) is -8.85. The molecule has 0 radical (unpaired) electrons. The molecule has 3 rings (SSSR count). The van der Waals surface area contributed by atoms with Gasteiger partial charge in [0.2, 0.25) is 0 Å². The molecular formula is C18H32N2O24S3. The molecule has 0 bridgehead atoms. The highest BCUT2D eigenvalue weighted by atomic mass is 32.3. The molecule has 0 aromatic carbocycles. The summed E-state index contributed by atoms with van der Waals surface area (Å²) < 4.78 is 130. The molecule has 29 heteroatoms. The average Bonchev–Trinajstić information content (AvgIpc) is 2.92. The van der Waals surface area contributed by atoms with Gasteiger partial charge in [0.25, 0.3) is 0 Å². The van der Waals surface area contributed by atoms with Crippen LogP contribution in [0.3, 0.4) is 0 Å². The van der Waals surface area contributed by atoms with Gasteiger partial charge >= 0.3 is 37.0 Å². The Balaban J connectivity index is 2.01. The Bertz CT molecular complexity index is 1410. The summed E-state index contributed by atoms with van der Waals surface area (Å²) in [5.41, 5.74) is 0. The lowest BCUT2D eigenvalue weighted by atomic mass is 9.95. The highest BCUT2D eigenvalue weighted by Gasteiger charge is 2.57. The average molecular weight is 757 g/mol. The number of aliphatic hydroxyl groups excluding tert-OH is 7. The summed E-state index contributed by atoms with van der Waals surface area (Å²) >= 11 is 0. The number of nitrogens with one attached hydrogen (secondary N) is 2. The Kier molecular flexibility index (Phi) is 13.0. The molecule has 15 atom stereocenters. The van der Waals surface area contributed by atoms with Crippen LogP contribution in [0.2, 0.25) is 0 Å². The molecule has 13 N–H and O–H groups in total. The number of carbonyl (C=O) groups is 1. The van der Waals surface area contributed by atoms with Crippen molar-refractivity contribution in [2.24, 2.45) is 0 Å². The van der Waals surface area contributed by atoms with E-state index >= 15 is 0 Å². The van der Waals surface area contributed by atoms with Crippen molar-refractivity contribution in [2.75, 3.05) is 13.2 Å². The number of carboxylic acids is 1. The summed E-state index contributed by atoms with van der Waals surface area (Å²) in [6, 6.07) is -4.39. The minimum absolute atomic E-state index is 1.08. The molecule has 0 unspecified atom stereocenters. The molecule has 3 heterocycles. The summed E-state index contributed by atoms with van der Waals surface area (Å²) in [5.74, 6) is -2.07. The number of carboxylic acid groups (broad SMARTS) is 1. The highest BCUT2D eigenvalue weighted by molar-refractivity contribution is 7.84. The molecule has 3 aliphatic rings. The van der Waals surface area contributed by atoms with Gasteiger partial charge in [-0.3, -0.25) is 13.7 Å². The monoisotopic (exact) mass is 756 g/mol. The summed E-state index contributed by atoms with van der Waals surface area (Å²) in [7, 11) is -16.1. The second-order valence-corrected chi connectivity index (χ2v) is 13.5. The van der Waals surface area contributed by atoms with Crippen LogP contribution < -0.4 is 9.44 Å².